The van der Waals surface area contributed by atoms with E-state index in [9.17, 15) is 9.59 Å². The van der Waals surface area contributed by atoms with Gasteiger partial charge in [0, 0.05) is 30.6 Å². The number of amides is 1. The summed E-state index contributed by atoms with van der Waals surface area (Å²) in [4.78, 5) is 26.8. The largest absolute Gasteiger partial charge is 0.422 e. The number of fused-ring (bicyclic) bond motifs is 1. The van der Waals surface area contributed by atoms with Gasteiger partial charge in [-0.15, -0.1) is 5.10 Å². The zero-order chi connectivity index (χ0) is 17.7. The lowest BCUT2D eigenvalue weighted by atomic mass is 10.1. The van der Waals surface area contributed by atoms with Crippen molar-refractivity contribution in [2.45, 2.75) is 31.2 Å². The third-order valence-electron chi connectivity index (χ3n) is 5.22. The van der Waals surface area contributed by atoms with Crippen LogP contribution in [0.25, 0.3) is 11.0 Å². The molecule has 1 amide bonds. The first-order valence-electron chi connectivity index (χ1n) is 8.93. The van der Waals surface area contributed by atoms with E-state index < -0.39 is 5.63 Å². The SMILES string of the molecule is O=C(c1cc2ccccc2oc1=O)N1CCC(n2cc(C3CC3)nn2)C1. The molecule has 1 atom stereocenters. The van der Waals surface area contributed by atoms with Crippen molar-refractivity contribution in [2.75, 3.05) is 13.1 Å². The van der Waals surface area contributed by atoms with Crippen molar-refractivity contribution in [1.82, 2.24) is 19.9 Å². The molecule has 2 aliphatic rings. The molecule has 1 aliphatic carbocycles. The molecular formula is C19H18N4O3. The summed E-state index contributed by atoms with van der Waals surface area (Å²) in [5, 5.41) is 9.22. The summed E-state index contributed by atoms with van der Waals surface area (Å²) in [6.45, 7) is 1.12. The molecule has 0 radical (unpaired) electrons. The molecule has 7 heteroatoms. The van der Waals surface area contributed by atoms with Gasteiger partial charge in [-0.25, -0.2) is 9.48 Å². The van der Waals surface area contributed by atoms with Crippen molar-refractivity contribution in [1.29, 1.82) is 0 Å². The molecule has 1 saturated heterocycles. The number of carbonyl (C=O) groups excluding carboxylic acids is 1. The minimum atomic E-state index is -0.589. The van der Waals surface area contributed by atoms with Crippen LogP contribution in [0.4, 0.5) is 0 Å². The van der Waals surface area contributed by atoms with Crippen LogP contribution in [0.5, 0.6) is 0 Å². The molecule has 1 aliphatic heterocycles. The summed E-state index contributed by atoms with van der Waals surface area (Å²) in [5.41, 5.74) is 1.03. The second kappa shape index (κ2) is 5.79. The van der Waals surface area contributed by atoms with Gasteiger partial charge in [0.05, 0.1) is 11.7 Å². The fourth-order valence-corrected chi connectivity index (χ4v) is 3.56. The van der Waals surface area contributed by atoms with E-state index >= 15 is 0 Å². The Labute approximate surface area is 149 Å². The summed E-state index contributed by atoms with van der Waals surface area (Å²) in [5.74, 6) is 0.277. The van der Waals surface area contributed by atoms with Crippen LogP contribution < -0.4 is 5.63 Å². The first-order valence-corrected chi connectivity index (χ1v) is 8.93. The zero-order valence-electron chi connectivity index (χ0n) is 14.2. The van der Waals surface area contributed by atoms with Gasteiger partial charge >= 0.3 is 5.63 Å². The summed E-state index contributed by atoms with van der Waals surface area (Å²) in [6, 6.07) is 8.93. The maximum Gasteiger partial charge on any atom is 0.349 e. The van der Waals surface area contributed by atoms with Crippen LogP contribution in [-0.4, -0.2) is 38.9 Å². The molecule has 3 aromatic rings. The van der Waals surface area contributed by atoms with Crippen LogP contribution in [0.3, 0.4) is 0 Å². The Morgan fingerprint density at radius 3 is 2.88 bits per heavy atom. The van der Waals surface area contributed by atoms with E-state index in [0.29, 0.717) is 24.6 Å². The highest BCUT2D eigenvalue weighted by molar-refractivity contribution is 5.96. The molecule has 3 heterocycles. The predicted molar refractivity (Wildman–Crippen MR) is 94.0 cm³/mol. The molecule has 1 aromatic carbocycles. The lowest BCUT2D eigenvalue weighted by Crippen LogP contribution is -2.32. The van der Waals surface area contributed by atoms with E-state index in [4.69, 9.17) is 4.42 Å². The normalized spacial score (nSPS) is 20.0. The Balaban J connectivity index is 1.37. The third-order valence-corrected chi connectivity index (χ3v) is 5.22. The van der Waals surface area contributed by atoms with Crippen molar-refractivity contribution in [3.63, 3.8) is 0 Å². The first-order chi connectivity index (χ1) is 12.7. The summed E-state index contributed by atoms with van der Waals surface area (Å²) in [6.07, 6.45) is 5.18. The molecule has 0 N–H and O–H groups in total. The number of rotatable bonds is 3. The molecule has 7 nitrogen and oxygen atoms in total. The van der Waals surface area contributed by atoms with Crippen LogP contribution in [0.2, 0.25) is 0 Å². The van der Waals surface area contributed by atoms with E-state index in [1.165, 1.54) is 12.8 Å². The van der Waals surface area contributed by atoms with Crippen LogP contribution in [0.15, 0.2) is 45.7 Å². The van der Waals surface area contributed by atoms with Gasteiger partial charge in [0.15, 0.2) is 0 Å². The first kappa shape index (κ1) is 15.3. The van der Waals surface area contributed by atoms with E-state index in [1.54, 1.807) is 23.1 Å². The quantitative estimate of drug-likeness (QED) is 0.677. The maximum absolute atomic E-state index is 12.8. The lowest BCUT2D eigenvalue weighted by molar-refractivity contribution is 0.0783. The van der Waals surface area contributed by atoms with Gasteiger partial charge < -0.3 is 9.32 Å². The Morgan fingerprint density at radius 2 is 2.04 bits per heavy atom. The number of carbonyl (C=O) groups is 1. The minimum Gasteiger partial charge on any atom is -0.422 e. The highest BCUT2D eigenvalue weighted by Gasteiger charge is 2.32. The second-order valence-corrected chi connectivity index (χ2v) is 7.08. The fourth-order valence-electron chi connectivity index (χ4n) is 3.56. The van der Waals surface area contributed by atoms with Crippen LogP contribution in [-0.2, 0) is 0 Å². The van der Waals surface area contributed by atoms with E-state index in [2.05, 4.69) is 10.3 Å². The molecule has 132 valence electrons. The smallest absolute Gasteiger partial charge is 0.349 e. The van der Waals surface area contributed by atoms with Gasteiger partial charge in [-0.3, -0.25) is 4.79 Å². The molecule has 26 heavy (non-hydrogen) atoms. The third kappa shape index (κ3) is 2.60. The summed E-state index contributed by atoms with van der Waals surface area (Å²) in [7, 11) is 0. The van der Waals surface area contributed by atoms with Gasteiger partial charge in [0.1, 0.15) is 11.1 Å². The topological polar surface area (TPSA) is 81.2 Å². The predicted octanol–water partition coefficient (Wildman–Crippen LogP) is 2.35. The fraction of sp³-hybridized carbons (Fsp3) is 0.368. The number of aromatic nitrogens is 3. The molecular weight excluding hydrogens is 332 g/mol. The highest BCUT2D eigenvalue weighted by Crippen LogP contribution is 2.39. The van der Waals surface area contributed by atoms with Crippen molar-refractivity contribution in [2.24, 2.45) is 0 Å². The Bertz CT molecular complexity index is 1050. The summed E-state index contributed by atoms with van der Waals surface area (Å²) >= 11 is 0. The number of nitrogens with zero attached hydrogens (tertiary/aromatic N) is 4. The van der Waals surface area contributed by atoms with E-state index in [-0.39, 0.29) is 17.5 Å². The van der Waals surface area contributed by atoms with Gasteiger partial charge in [0.25, 0.3) is 5.91 Å². The number of hydrogen-bond acceptors (Lipinski definition) is 5. The molecule has 1 saturated carbocycles. The van der Waals surface area contributed by atoms with Gasteiger partial charge in [-0.05, 0) is 31.4 Å². The van der Waals surface area contributed by atoms with Crippen molar-refractivity contribution in [3.8, 4) is 0 Å². The molecule has 0 spiro atoms. The second-order valence-electron chi connectivity index (χ2n) is 7.08. The zero-order valence-corrected chi connectivity index (χ0v) is 14.2. The highest BCUT2D eigenvalue weighted by atomic mass is 16.4. The number of likely N-dealkylation sites (tertiary alicyclic amines) is 1. The Morgan fingerprint density at radius 1 is 1.19 bits per heavy atom. The van der Waals surface area contributed by atoms with Gasteiger partial charge in [0.2, 0.25) is 0 Å². The molecule has 2 fully saturated rings. The number of hydrogen-bond donors (Lipinski definition) is 0. The van der Waals surface area contributed by atoms with Crippen molar-refractivity contribution in [3.05, 3.63) is 58.2 Å². The lowest BCUT2D eigenvalue weighted by Gasteiger charge is -2.16. The average molecular weight is 350 g/mol. The van der Waals surface area contributed by atoms with Crippen LogP contribution in [0.1, 0.15) is 47.3 Å². The van der Waals surface area contributed by atoms with Gasteiger partial charge in [-0.1, -0.05) is 23.4 Å². The maximum atomic E-state index is 12.8. The van der Waals surface area contributed by atoms with Crippen LogP contribution in [0, 0.1) is 0 Å². The molecule has 5 rings (SSSR count). The summed E-state index contributed by atoms with van der Waals surface area (Å²) < 4.78 is 7.16. The standard InChI is InChI=1S/C19H18N4O3/c24-18(15-9-13-3-1-2-4-17(13)26-19(15)25)22-8-7-14(10-22)23-11-16(20-21-23)12-5-6-12/h1-4,9,11-12,14H,5-8,10H2. The number of benzene rings is 1. The van der Waals surface area contributed by atoms with Crippen molar-refractivity contribution >= 4 is 16.9 Å². The van der Waals surface area contributed by atoms with Crippen LogP contribution >= 0.6 is 0 Å². The van der Waals surface area contributed by atoms with E-state index in [1.807, 2.05) is 23.0 Å². The molecule has 1 unspecified atom stereocenters. The average Bonchev–Trinajstić information content (AvgIpc) is 3.19. The Hall–Kier alpha value is -2.96. The minimum absolute atomic E-state index is 0.0848. The van der Waals surface area contributed by atoms with E-state index in [0.717, 1.165) is 17.5 Å². The molecule has 2 aromatic heterocycles. The number of para-hydroxylation sites is 1. The van der Waals surface area contributed by atoms with Crippen molar-refractivity contribution < 1.29 is 9.21 Å². The Kier molecular flexibility index (Phi) is 3.41. The van der Waals surface area contributed by atoms with Gasteiger partial charge in [-0.2, -0.15) is 0 Å². The molecule has 0 bridgehead atoms. The monoisotopic (exact) mass is 350 g/mol.